The van der Waals surface area contributed by atoms with E-state index >= 15 is 0 Å². The quantitative estimate of drug-likeness (QED) is 0.564. The highest BCUT2D eigenvalue weighted by Crippen LogP contribution is 1.87. The van der Waals surface area contributed by atoms with Crippen molar-refractivity contribution in [2.75, 3.05) is 25.2 Å². The highest BCUT2D eigenvalue weighted by atomic mass is 32.2. The van der Waals surface area contributed by atoms with Gasteiger partial charge in [0, 0.05) is 7.11 Å². The highest BCUT2D eigenvalue weighted by Gasteiger charge is 2.07. The summed E-state index contributed by atoms with van der Waals surface area (Å²) < 4.78 is 25.9. The van der Waals surface area contributed by atoms with Crippen LogP contribution in [0.2, 0.25) is 0 Å². The maximum Gasteiger partial charge on any atom is 0.165 e. The molecule has 0 N–H and O–H groups in total. The van der Waals surface area contributed by atoms with E-state index in [1.165, 1.54) is 7.11 Å². The average molecular weight is 163 g/mol. The van der Waals surface area contributed by atoms with Crippen LogP contribution in [0.4, 0.5) is 0 Å². The van der Waals surface area contributed by atoms with E-state index in [2.05, 4.69) is 4.74 Å². The Kier molecular flexibility index (Phi) is 4.00. The molecule has 0 amide bonds. The molecule has 58 valence electrons. The van der Waals surface area contributed by atoms with Gasteiger partial charge in [0.25, 0.3) is 0 Å². The van der Waals surface area contributed by atoms with Gasteiger partial charge in [-0.15, -0.1) is 0 Å². The van der Waals surface area contributed by atoms with Crippen molar-refractivity contribution >= 4 is 9.84 Å². The molecule has 0 aliphatic carbocycles. The van der Waals surface area contributed by atoms with Crippen LogP contribution in [0, 0.1) is 11.3 Å². The van der Waals surface area contributed by atoms with Crippen molar-refractivity contribution in [3.05, 3.63) is 0 Å². The van der Waals surface area contributed by atoms with Crippen LogP contribution in [0.5, 0.6) is 0 Å². The van der Waals surface area contributed by atoms with Crippen LogP contribution in [-0.2, 0) is 14.6 Å². The fourth-order valence-corrected chi connectivity index (χ4v) is 1.14. The summed E-state index contributed by atoms with van der Waals surface area (Å²) in [5, 5.41) is 8.03. The van der Waals surface area contributed by atoms with Gasteiger partial charge in [-0.3, -0.25) is 0 Å². The molecular formula is C5H9NO3S. The van der Waals surface area contributed by atoms with Gasteiger partial charge >= 0.3 is 0 Å². The van der Waals surface area contributed by atoms with E-state index in [9.17, 15) is 8.42 Å². The minimum atomic E-state index is -3.18. The van der Waals surface area contributed by atoms with Crippen LogP contribution >= 0.6 is 0 Å². The van der Waals surface area contributed by atoms with Crippen LogP contribution in [0.15, 0.2) is 0 Å². The number of methoxy groups -OCH3 is 1. The minimum absolute atomic E-state index is 0.0724. The van der Waals surface area contributed by atoms with Crippen LogP contribution in [0.1, 0.15) is 0 Å². The van der Waals surface area contributed by atoms with Gasteiger partial charge in [-0.25, -0.2) is 8.42 Å². The first-order valence-corrected chi connectivity index (χ1v) is 4.51. The number of rotatable bonds is 4. The molecule has 0 aliphatic heterocycles. The summed E-state index contributed by atoms with van der Waals surface area (Å²) in [5.74, 6) is -0.493. The van der Waals surface area contributed by atoms with Crippen molar-refractivity contribution < 1.29 is 13.2 Å². The van der Waals surface area contributed by atoms with Crippen molar-refractivity contribution in [1.29, 1.82) is 5.26 Å². The van der Waals surface area contributed by atoms with E-state index in [4.69, 9.17) is 5.26 Å². The van der Waals surface area contributed by atoms with Gasteiger partial charge < -0.3 is 4.74 Å². The summed E-state index contributed by atoms with van der Waals surface area (Å²) in [7, 11) is -1.76. The van der Waals surface area contributed by atoms with Crippen molar-refractivity contribution in [3.63, 3.8) is 0 Å². The van der Waals surface area contributed by atoms with E-state index in [-0.39, 0.29) is 12.4 Å². The topological polar surface area (TPSA) is 67.2 Å². The number of hydrogen-bond donors (Lipinski definition) is 0. The minimum Gasteiger partial charge on any atom is -0.384 e. The molecule has 0 unspecified atom stereocenters. The summed E-state index contributed by atoms with van der Waals surface area (Å²) in [6.07, 6.45) is 0. The summed E-state index contributed by atoms with van der Waals surface area (Å²) in [6.45, 7) is 0.157. The Morgan fingerprint density at radius 1 is 1.60 bits per heavy atom. The zero-order valence-corrected chi connectivity index (χ0v) is 6.52. The number of nitrogens with zero attached hydrogens (tertiary/aromatic N) is 1. The third-order valence-corrected chi connectivity index (χ3v) is 2.24. The molecule has 0 aromatic rings. The molecule has 0 atom stereocenters. The molecule has 0 radical (unpaired) electrons. The van der Waals surface area contributed by atoms with Crippen LogP contribution in [-0.4, -0.2) is 33.6 Å². The molecule has 0 bridgehead atoms. The maximum absolute atomic E-state index is 10.7. The Labute approximate surface area is 60.3 Å². The normalized spacial score (nSPS) is 10.8. The standard InChI is InChI=1S/C5H9NO3S/c1-9-3-5-10(7,8)4-2-6/h3-5H2,1H3. The largest absolute Gasteiger partial charge is 0.384 e. The molecule has 0 aliphatic rings. The molecule has 0 saturated heterocycles. The Morgan fingerprint density at radius 2 is 2.20 bits per heavy atom. The Bertz CT molecular complexity index is 214. The average Bonchev–Trinajstić information content (AvgIpc) is 1.84. The molecular weight excluding hydrogens is 154 g/mol. The molecule has 4 nitrogen and oxygen atoms in total. The van der Waals surface area contributed by atoms with E-state index in [1.54, 1.807) is 6.07 Å². The zero-order valence-electron chi connectivity index (χ0n) is 5.70. The van der Waals surface area contributed by atoms with Crippen LogP contribution < -0.4 is 0 Å². The van der Waals surface area contributed by atoms with Gasteiger partial charge in [0.1, 0.15) is 5.75 Å². The Hall–Kier alpha value is -0.600. The number of nitriles is 1. The smallest absolute Gasteiger partial charge is 0.165 e. The number of sulfone groups is 1. The Morgan fingerprint density at radius 3 is 2.60 bits per heavy atom. The molecule has 0 rings (SSSR count). The molecule has 0 spiro atoms. The van der Waals surface area contributed by atoms with Gasteiger partial charge in [0.2, 0.25) is 0 Å². The lowest BCUT2D eigenvalue weighted by atomic mass is 10.9. The molecule has 0 aromatic carbocycles. The zero-order chi connectivity index (χ0) is 8.04. The molecule has 0 heterocycles. The van der Waals surface area contributed by atoms with E-state index in [1.807, 2.05) is 0 Å². The van der Waals surface area contributed by atoms with Crippen molar-refractivity contribution in [2.24, 2.45) is 0 Å². The van der Waals surface area contributed by atoms with E-state index in [0.717, 1.165) is 0 Å². The van der Waals surface area contributed by atoms with Gasteiger partial charge in [0.05, 0.1) is 18.4 Å². The highest BCUT2D eigenvalue weighted by molar-refractivity contribution is 7.91. The van der Waals surface area contributed by atoms with E-state index < -0.39 is 15.6 Å². The summed E-state index contributed by atoms with van der Waals surface area (Å²) in [4.78, 5) is 0. The lowest BCUT2D eigenvalue weighted by Gasteiger charge is -1.96. The second-order valence-corrected chi connectivity index (χ2v) is 3.93. The fraction of sp³-hybridized carbons (Fsp3) is 0.800. The fourth-order valence-electron chi connectivity index (χ4n) is 0.381. The molecule has 5 heteroatoms. The summed E-state index contributed by atoms with van der Waals surface area (Å²) >= 11 is 0. The van der Waals surface area contributed by atoms with Gasteiger partial charge in [0.15, 0.2) is 9.84 Å². The third-order valence-electron chi connectivity index (χ3n) is 0.883. The maximum atomic E-state index is 10.7. The third kappa shape index (κ3) is 4.30. The first-order chi connectivity index (χ1) is 4.62. The molecule has 0 saturated carbocycles. The van der Waals surface area contributed by atoms with Gasteiger partial charge in [-0.1, -0.05) is 0 Å². The molecule has 0 fully saturated rings. The summed E-state index contributed by atoms with van der Waals surface area (Å²) in [6, 6.07) is 1.57. The first kappa shape index (κ1) is 9.40. The molecule has 10 heavy (non-hydrogen) atoms. The number of hydrogen-bond acceptors (Lipinski definition) is 4. The van der Waals surface area contributed by atoms with Crippen LogP contribution in [0.25, 0.3) is 0 Å². The summed E-state index contributed by atoms with van der Waals surface area (Å²) in [5.41, 5.74) is 0. The Balaban J connectivity index is 3.80. The lowest BCUT2D eigenvalue weighted by molar-refractivity contribution is 0.217. The van der Waals surface area contributed by atoms with Crippen LogP contribution in [0.3, 0.4) is 0 Å². The second kappa shape index (κ2) is 4.25. The SMILES string of the molecule is COCCS(=O)(=O)CC#N. The second-order valence-electron chi connectivity index (χ2n) is 1.74. The van der Waals surface area contributed by atoms with Crippen molar-refractivity contribution in [1.82, 2.24) is 0 Å². The molecule has 0 aromatic heterocycles. The predicted molar refractivity (Wildman–Crippen MR) is 36.1 cm³/mol. The lowest BCUT2D eigenvalue weighted by Crippen LogP contribution is -2.13. The van der Waals surface area contributed by atoms with Gasteiger partial charge in [-0.2, -0.15) is 5.26 Å². The van der Waals surface area contributed by atoms with Gasteiger partial charge in [-0.05, 0) is 0 Å². The van der Waals surface area contributed by atoms with E-state index in [0.29, 0.717) is 0 Å². The predicted octanol–water partition coefficient (Wildman–Crippen LogP) is -0.429. The first-order valence-electron chi connectivity index (χ1n) is 2.68. The monoisotopic (exact) mass is 163 g/mol. The number of ether oxygens (including phenoxy) is 1. The van der Waals surface area contributed by atoms with Crippen molar-refractivity contribution in [3.8, 4) is 6.07 Å². The van der Waals surface area contributed by atoms with Crippen molar-refractivity contribution in [2.45, 2.75) is 0 Å².